The zero-order chi connectivity index (χ0) is 12.3. The molecular formula is C13H30N2. The van der Waals surface area contributed by atoms with E-state index in [0.717, 1.165) is 13.0 Å². The average molecular weight is 214 g/mol. The van der Waals surface area contributed by atoms with Crippen molar-refractivity contribution in [3.8, 4) is 0 Å². The lowest BCUT2D eigenvalue weighted by atomic mass is 9.85. The van der Waals surface area contributed by atoms with E-state index in [-0.39, 0.29) is 17.0 Å². The first-order valence-electron chi connectivity index (χ1n) is 6.08. The molecule has 15 heavy (non-hydrogen) atoms. The van der Waals surface area contributed by atoms with Crippen molar-refractivity contribution in [2.75, 3.05) is 13.6 Å². The molecule has 92 valence electrons. The van der Waals surface area contributed by atoms with Crippen molar-refractivity contribution in [3.63, 3.8) is 0 Å². The first-order valence-corrected chi connectivity index (χ1v) is 6.08. The maximum atomic E-state index is 6.16. The lowest BCUT2D eigenvalue weighted by Crippen LogP contribution is -2.44. The smallest absolute Gasteiger partial charge is 0.0147 e. The van der Waals surface area contributed by atoms with Crippen molar-refractivity contribution in [1.82, 2.24) is 4.90 Å². The maximum absolute atomic E-state index is 6.16. The van der Waals surface area contributed by atoms with Gasteiger partial charge < -0.3 is 10.6 Å². The lowest BCUT2D eigenvalue weighted by Gasteiger charge is -2.37. The quantitative estimate of drug-likeness (QED) is 0.762. The molecule has 0 amide bonds. The molecule has 0 aromatic heterocycles. The van der Waals surface area contributed by atoms with Crippen molar-refractivity contribution < 1.29 is 0 Å². The van der Waals surface area contributed by atoms with Crippen LogP contribution in [0.25, 0.3) is 0 Å². The van der Waals surface area contributed by atoms with Crippen LogP contribution in [0.2, 0.25) is 0 Å². The second-order valence-electron chi connectivity index (χ2n) is 6.35. The Balaban J connectivity index is 4.07. The molecular weight excluding hydrogens is 184 g/mol. The molecule has 2 heteroatoms. The van der Waals surface area contributed by atoms with Gasteiger partial charge in [0.1, 0.15) is 0 Å². The number of hydrogen-bond acceptors (Lipinski definition) is 2. The van der Waals surface area contributed by atoms with Gasteiger partial charge in [-0.15, -0.1) is 0 Å². The largest absolute Gasteiger partial charge is 0.327 e. The van der Waals surface area contributed by atoms with Gasteiger partial charge in [-0.05, 0) is 45.7 Å². The molecule has 1 unspecified atom stereocenters. The van der Waals surface area contributed by atoms with Crippen LogP contribution in [0.3, 0.4) is 0 Å². The molecule has 0 rings (SSSR count). The summed E-state index contributed by atoms with van der Waals surface area (Å²) in [7, 11) is 2.19. The maximum Gasteiger partial charge on any atom is 0.0147 e. The summed E-state index contributed by atoms with van der Waals surface area (Å²) in [6.07, 6.45) is 2.25. The van der Waals surface area contributed by atoms with E-state index >= 15 is 0 Å². The van der Waals surface area contributed by atoms with Gasteiger partial charge in [0, 0.05) is 11.6 Å². The van der Waals surface area contributed by atoms with E-state index in [9.17, 15) is 0 Å². The van der Waals surface area contributed by atoms with Gasteiger partial charge in [0.2, 0.25) is 0 Å². The summed E-state index contributed by atoms with van der Waals surface area (Å²) < 4.78 is 0. The van der Waals surface area contributed by atoms with Crippen molar-refractivity contribution in [2.45, 2.75) is 66.0 Å². The molecule has 0 aromatic carbocycles. The fourth-order valence-electron chi connectivity index (χ4n) is 1.34. The minimum Gasteiger partial charge on any atom is -0.327 e. The van der Waals surface area contributed by atoms with E-state index in [4.69, 9.17) is 5.73 Å². The predicted octanol–water partition coefficient (Wildman–Crippen LogP) is 2.87. The Morgan fingerprint density at radius 1 is 1.13 bits per heavy atom. The molecule has 0 aliphatic heterocycles. The molecule has 1 atom stereocenters. The zero-order valence-corrected chi connectivity index (χ0v) is 11.7. The van der Waals surface area contributed by atoms with Crippen LogP contribution in [-0.2, 0) is 0 Å². The van der Waals surface area contributed by atoms with E-state index in [0.29, 0.717) is 0 Å². The summed E-state index contributed by atoms with van der Waals surface area (Å²) >= 11 is 0. The number of nitrogens with zero attached hydrogens (tertiary/aromatic N) is 1. The minimum absolute atomic E-state index is 0.219. The van der Waals surface area contributed by atoms with Crippen molar-refractivity contribution in [2.24, 2.45) is 11.1 Å². The first kappa shape index (κ1) is 14.9. The molecule has 0 spiro atoms. The van der Waals surface area contributed by atoms with Gasteiger partial charge in [-0.25, -0.2) is 0 Å². The van der Waals surface area contributed by atoms with E-state index in [1.807, 2.05) is 0 Å². The normalized spacial score (nSPS) is 15.8. The molecule has 0 saturated heterocycles. The summed E-state index contributed by atoms with van der Waals surface area (Å²) in [4.78, 5) is 2.42. The number of hydrogen-bond donors (Lipinski definition) is 1. The fourth-order valence-corrected chi connectivity index (χ4v) is 1.34. The monoisotopic (exact) mass is 214 g/mol. The Labute approximate surface area is 96.2 Å². The van der Waals surface area contributed by atoms with Crippen molar-refractivity contribution in [3.05, 3.63) is 0 Å². The van der Waals surface area contributed by atoms with Crippen LogP contribution in [0.4, 0.5) is 0 Å². The lowest BCUT2D eigenvalue weighted by molar-refractivity contribution is 0.137. The van der Waals surface area contributed by atoms with Gasteiger partial charge in [-0.2, -0.15) is 0 Å². The molecule has 0 aliphatic rings. The molecule has 0 aromatic rings. The number of nitrogens with two attached hydrogens (primary N) is 1. The van der Waals surface area contributed by atoms with Gasteiger partial charge in [0.05, 0.1) is 0 Å². The Bertz CT molecular complexity index is 179. The van der Waals surface area contributed by atoms with E-state index in [1.54, 1.807) is 0 Å². The van der Waals surface area contributed by atoms with Gasteiger partial charge >= 0.3 is 0 Å². The Hall–Kier alpha value is -0.0800. The molecule has 0 radical (unpaired) electrons. The van der Waals surface area contributed by atoms with Crippen molar-refractivity contribution >= 4 is 0 Å². The third-order valence-corrected chi connectivity index (χ3v) is 3.79. The molecule has 2 N–H and O–H groups in total. The standard InChI is InChI=1S/C13H30N2/c1-8-13(5,6)15(7)10-9-11(14)12(2,3)4/h11H,8-10,14H2,1-7H3. The molecule has 0 fully saturated rings. The Kier molecular flexibility index (Phi) is 5.28. The minimum atomic E-state index is 0.219. The number of rotatable bonds is 5. The van der Waals surface area contributed by atoms with Crippen LogP contribution in [-0.4, -0.2) is 30.1 Å². The van der Waals surface area contributed by atoms with Crippen LogP contribution in [0, 0.1) is 5.41 Å². The molecule has 2 nitrogen and oxygen atoms in total. The Morgan fingerprint density at radius 2 is 1.60 bits per heavy atom. The van der Waals surface area contributed by atoms with E-state index in [1.165, 1.54) is 6.42 Å². The van der Waals surface area contributed by atoms with Crippen LogP contribution in [0.1, 0.15) is 54.4 Å². The third-order valence-electron chi connectivity index (χ3n) is 3.79. The topological polar surface area (TPSA) is 29.3 Å². The van der Waals surface area contributed by atoms with Gasteiger partial charge in [0.25, 0.3) is 0 Å². The zero-order valence-electron chi connectivity index (χ0n) is 11.7. The second kappa shape index (κ2) is 5.31. The summed E-state index contributed by atoms with van der Waals surface area (Å²) in [6, 6.07) is 0.285. The van der Waals surface area contributed by atoms with Gasteiger partial charge in [-0.3, -0.25) is 0 Å². The predicted molar refractivity (Wildman–Crippen MR) is 69.0 cm³/mol. The first-order chi connectivity index (χ1) is 6.61. The van der Waals surface area contributed by atoms with Crippen molar-refractivity contribution in [1.29, 1.82) is 0 Å². The highest BCUT2D eigenvalue weighted by Crippen LogP contribution is 2.22. The highest BCUT2D eigenvalue weighted by Gasteiger charge is 2.24. The summed E-state index contributed by atoms with van der Waals surface area (Å²) in [5.41, 5.74) is 6.67. The SMILES string of the molecule is CCC(C)(C)N(C)CCC(N)C(C)(C)C. The van der Waals surface area contributed by atoms with E-state index < -0.39 is 0 Å². The fraction of sp³-hybridized carbons (Fsp3) is 1.00. The van der Waals surface area contributed by atoms with E-state index in [2.05, 4.69) is 53.5 Å². The highest BCUT2D eigenvalue weighted by atomic mass is 15.2. The molecule has 0 saturated carbocycles. The molecule has 0 aliphatic carbocycles. The molecule has 0 bridgehead atoms. The third kappa shape index (κ3) is 4.98. The average Bonchev–Trinajstić information content (AvgIpc) is 2.11. The second-order valence-corrected chi connectivity index (χ2v) is 6.35. The highest BCUT2D eigenvalue weighted by molar-refractivity contribution is 4.81. The Morgan fingerprint density at radius 3 is 1.93 bits per heavy atom. The van der Waals surface area contributed by atoms with Crippen LogP contribution < -0.4 is 5.73 Å². The summed E-state index contributed by atoms with van der Waals surface area (Å²) in [5, 5.41) is 0. The van der Waals surface area contributed by atoms with Crippen LogP contribution >= 0.6 is 0 Å². The van der Waals surface area contributed by atoms with Gasteiger partial charge in [-0.1, -0.05) is 27.7 Å². The van der Waals surface area contributed by atoms with Crippen LogP contribution in [0.5, 0.6) is 0 Å². The molecule has 0 heterocycles. The summed E-state index contributed by atoms with van der Waals surface area (Å²) in [5.74, 6) is 0. The van der Waals surface area contributed by atoms with Crippen LogP contribution in [0.15, 0.2) is 0 Å². The van der Waals surface area contributed by atoms with Gasteiger partial charge in [0.15, 0.2) is 0 Å². The summed E-state index contributed by atoms with van der Waals surface area (Å²) in [6.45, 7) is 14.5.